The second-order valence-corrected chi connectivity index (χ2v) is 8.58. The van der Waals surface area contributed by atoms with E-state index in [4.69, 9.17) is 4.74 Å². The van der Waals surface area contributed by atoms with Gasteiger partial charge in [0.2, 0.25) is 0 Å². The molecule has 0 atom stereocenters. The van der Waals surface area contributed by atoms with Crippen molar-refractivity contribution in [2.75, 3.05) is 13.1 Å². The molecule has 3 rings (SSSR count). The molecule has 0 N–H and O–H groups in total. The van der Waals surface area contributed by atoms with Gasteiger partial charge in [-0.1, -0.05) is 23.8 Å². The van der Waals surface area contributed by atoms with E-state index in [-0.39, 0.29) is 6.10 Å². The summed E-state index contributed by atoms with van der Waals surface area (Å²) in [7, 11) is -3.32. The van der Waals surface area contributed by atoms with Crippen molar-refractivity contribution in [2.45, 2.75) is 30.1 Å². The molecule has 0 bridgehead atoms. The Labute approximate surface area is 135 Å². The Hall–Kier alpha value is -1.37. The molecular weight excluding hydrogens is 318 g/mol. The average molecular weight is 337 g/mol. The minimum Gasteiger partial charge on any atom is -0.490 e. The number of thiophene rings is 1. The molecule has 1 saturated heterocycles. The number of hydrogen-bond acceptors (Lipinski definition) is 4. The average Bonchev–Trinajstić information content (AvgIpc) is 3.05. The fourth-order valence-corrected chi connectivity index (χ4v) is 5.15. The van der Waals surface area contributed by atoms with Gasteiger partial charge in [0.05, 0.1) is 0 Å². The van der Waals surface area contributed by atoms with Gasteiger partial charge >= 0.3 is 0 Å². The summed E-state index contributed by atoms with van der Waals surface area (Å²) in [4.78, 5) is 0. The lowest BCUT2D eigenvalue weighted by atomic mass is 10.1. The van der Waals surface area contributed by atoms with E-state index in [9.17, 15) is 8.42 Å². The van der Waals surface area contributed by atoms with Crippen LogP contribution in [0.3, 0.4) is 0 Å². The highest BCUT2D eigenvalue weighted by Crippen LogP contribution is 2.26. The number of piperidine rings is 1. The summed E-state index contributed by atoms with van der Waals surface area (Å²) in [5, 5.41) is 1.79. The zero-order valence-electron chi connectivity index (χ0n) is 12.4. The van der Waals surface area contributed by atoms with E-state index in [0.29, 0.717) is 17.3 Å². The quantitative estimate of drug-likeness (QED) is 0.860. The van der Waals surface area contributed by atoms with E-state index in [1.165, 1.54) is 16.9 Å². The van der Waals surface area contributed by atoms with Crippen molar-refractivity contribution in [2.24, 2.45) is 0 Å². The van der Waals surface area contributed by atoms with Crippen LogP contribution in [0.2, 0.25) is 0 Å². The third-order valence-corrected chi connectivity index (χ3v) is 7.09. The molecule has 118 valence electrons. The molecule has 0 saturated carbocycles. The van der Waals surface area contributed by atoms with Crippen LogP contribution in [0.15, 0.2) is 46.0 Å². The molecule has 0 radical (unpaired) electrons. The highest BCUT2D eigenvalue weighted by atomic mass is 32.2. The maximum Gasteiger partial charge on any atom is 0.252 e. The zero-order valence-corrected chi connectivity index (χ0v) is 14.1. The largest absolute Gasteiger partial charge is 0.490 e. The van der Waals surface area contributed by atoms with Gasteiger partial charge in [0, 0.05) is 13.1 Å². The lowest BCUT2D eigenvalue weighted by molar-refractivity contribution is 0.135. The first-order valence-electron chi connectivity index (χ1n) is 7.33. The third-order valence-electron chi connectivity index (χ3n) is 3.81. The molecular formula is C16H19NO3S2. The highest BCUT2D eigenvalue weighted by molar-refractivity contribution is 7.91. The molecule has 2 aromatic rings. The number of sulfonamides is 1. The fourth-order valence-electron chi connectivity index (χ4n) is 2.54. The van der Waals surface area contributed by atoms with E-state index in [0.717, 1.165) is 18.6 Å². The molecule has 0 aliphatic carbocycles. The Morgan fingerprint density at radius 3 is 2.41 bits per heavy atom. The van der Waals surface area contributed by atoms with Crippen molar-refractivity contribution in [1.82, 2.24) is 4.31 Å². The number of hydrogen-bond donors (Lipinski definition) is 0. The summed E-state index contributed by atoms with van der Waals surface area (Å²) in [6.07, 6.45) is 1.52. The Balaban J connectivity index is 1.60. The van der Waals surface area contributed by atoms with Gasteiger partial charge in [0.25, 0.3) is 10.0 Å². The van der Waals surface area contributed by atoms with Gasteiger partial charge < -0.3 is 4.74 Å². The van der Waals surface area contributed by atoms with Crippen molar-refractivity contribution >= 4 is 21.4 Å². The lowest BCUT2D eigenvalue weighted by Crippen LogP contribution is -2.41. The normalized spacial score (nSPS) is 17.5. The molecule has 1 fully saturated rings. The lowest BCUT2D eigenvalue weighted by Gasteiger charge is -2.31. The van der Waals surface area contributed by atoms with Crippen molar-refractivity contribution < 1.29 is 13.2 Å². The van der Waals surface area contributed by atoms with Crippen LogP contribution < -0.4 is 4.74 Å². The Morgan fingerprint density at radius 1 is 1.14 bits per heavy atom. The molecule has 1 aromatic heterocycles. The summed E-state index contributed by atoms with van der Waals surface area (Å²) in [5.74, 6) is 0.852. The van der Waals surface area contributed by atoms with E-state index in [1.54, 1.807) is 21.8 Å². The second-order valence-electron chi connectivity index (χ2n) is 5.47. The van der Waals surface area contributed by atoms with Crippen molar-refractivity contribution in [3.8, 4) is 5.75 Å². The van der Waals surface area contributed by atoms with Gasteiger partial charge in [0.15, 0.2) is 0 Å². The number of nitrogens with zero attached hydrogens (tertiary/aromatic N) is 1. The van der Waals surface area contributed by atoms with Crippen molar-refractivity contribution in [3.63, 3.8) is 0 Å². The summed E-state index contributed by atoms with van der Waals surface area (Å²) in [5.41, 5.74) is 1.20. The summed E-state index contributed by atoms with van der Waals surface area (Å²) < 4.78 is 32.8. The minimum absolute atomic E-state index is 0.0810. The molecule has 0 unspecified atom stereocenters. The van der Waals surface area contributed by atoms with Crippen LogP contribution in [0.25, 0.3) is 0 Å². The molecule has 0 amide bonds. The van der Waals surface area contributed by atoms with Crippen molar-refractivity contribution in [1.29, 1.82) is 0 Å². The smallest absolute Gasteiger partial charge is 0.252 e. The number of ether oxygens (including phenoxy) is 1. The van der Waals surface area contributed by atoms with Gasteiger partial charge in [-0.2, -0.15) is 4.31 Å². The van der Waals surface area contributed by atoms with Crippen LogP contribution in [0, 0.1) is 6.92 Å². The van der Waals surface area contributed by atoms with Crippen LogP contribution in [0.4, 0.5) is 0 Å². The molecule has 1 aliphatic heterocycles. The van der Waals surface area contributed by atoms with Crippen LogP contribution in [0.5, 0.6) is 5.75 Å². The van der Waals surface area contributed by atoms with Gasteiger partial charge in [0.1, 0.15) is 16.1 Å². The fraction of sp³-hybridized carbons (Fsp3) is 0.375. The topological polar surface area (TPSA) is 46.6 Å². The molecule has 0 spiro atoms. The highest BCUT2D eigenvalue weighted by Gasteiger charge is 2.30. The van der Waals surface area contributed by atoms with Crippen LogP contribution in [0.1, 0.15) is 18.4 Å². The molecule has 2 heterocycles. The van der Waals surface area contributed by atoms with Gasteiger partial charge in [-0.3, -0.25) is 0 Å². The number of rotatable bonds is 4. The molecule has 22 heavy (non-hydrogen) atoms. The molecule has 6 heteroatoms. The first kappa shape index (κ1) is 15.5. The molecule has 1 aromatic carbocycles. The third kappa shape index (κ3) is 3.34. The Morgan fingerprint density at radius 2 is 1.82 bits per heavy atom. The maximum atomic E-state index is 12.4. The van der Waals surface area contributed by atoms with E-state index in [2.05, 4.69) is 0 Å². The Kier molecular flexibility index (Phi) is 4.52. The standard InChI is InChI=1S/C16H19NO3S2/c1-13-4-6-14(7-5-13)20-15-8-10-17(11-9-15)22(18,19)16-3-2-12-21-16/h2-7,12,15H,8-11H2,1H3. The summed E-state index contributed by atoms with van der Waals surface area (Å²) >= 11 is 1.27. The van der Waals surface area contributed by atoms with Gasteiger partial charge in [-0.05, 0) is 43.3 Å². The Bertz CT molecular complexity index is 700. The van der Waals surface area contributed by atoms with Gasteiger partial charge in [-0.25, -0.2) is 8.42 Å². The first-order chi connectivity index (χ1) is 10.6. The number of benzene rings is 1. The van der Waals surface area contributed by atoms with Crippen LogP contribution in [-0.2, 0) is 10.0 Å². The van der Waals surface area contributed by atoms with Crippen LogP contribution >= 0.6 is 11.3 Å². The van der Waals surface area contributed by atoms with Gasteiger partial charge in [-0.15, -0.1) is 11.3 Å². The minimum atomic E-state index is -3.32. The zero-order chi connectivity index (χ0) is 15.6. The van der Waals surface area contributed by atoms with E-state index < -0.39 is 10.0 Å². The number of aryl methyl sites for hydroxylation is 1. The SMILES string of the molecule is Cc1ccc(OC2CCN(S(=O)(=O)c3cccs3)CC2)cc1. The molecule has 4 nitrogen and oxygen atoms in total. The predicted octanol–water partition coefficient (Wildman–Crippen LogP) is 3.29. The maximum absolute atomic E-state index is 12.4. The molecule has 1 aliphatic rings. The predicted molar refractivity (Wildman–Crippen MR) is 87.9 cm³/mol. The van der Waals surface area contributed by atoms with E-state index >= 15 is 0 Å². The first-order valence-corrected chi connectivity index (χ1v) is 9.65. The van der Waals surface area contributed by atoms with Crippen molar-refractivity contribution in [3.05, 3.63) is 47.3 Å². The second kappa shape index (κ2) is 6.40. The summed E-state index contributed by atoms with van der Waals surface area (Å²) in [6.45, 7) is 3.06. The van der Waals surface area contributed by atoms with E-state index in [1.807, 2.05) is 31.2 Å². The van der Waals surface area contributed by atoms with Crippen LogP contribution in [-0.4, -0.2) is 31.9 Å². The monoisotopic (exact) mass is 337 g/mol. The summed E-state index contributed by atoms with van der Waals surface area (Å²) in [6, 6.07) is 11.4.